The van der Waals surface area contributed by atoms with E-state index in [-0.39, 0.29) is 17.0 Å². The zero-order valence-electron chi connectivity index (χ0n) is 24.4. The van der Waals surface area contributed by atoms with Gasteiger partial charge in [-0.1, -0.05) is 6.92 Å². The molecule has 0 spiro atoms. The van der Waals surface area contributed by atoms with E-state index in [2.05, 4.69) is 20.5 Å². The lowest BCUT2D eigenvalue weighted by atomic mass is 9.97. The molecule has 220 valence electrons. The monoisotopic (exact) mass is 596 g/mol. The molecular formula is C31H32N8O3S. The maximum absolute atomic E-state index is 13.7. The third-order valence-corrected chi connectivity index (χ3v) is 9.78. The molecule has 43 heavy (non-hydrogen) atoms. The molecule has 2 aliphatic rings. The number of anilines is 2. The molecule has 1 aliphatic heterocycles. The Kier molecular flexibility index (Phi) is 6.72. The van der Waals surface area contributed by atoms with E-state index < -0.39 is 0 Å². The van der Waals surface area contributed by atoms with Crippen molar-refractivity contribution in [2.45, 2.75) is 59.0 Å². The molecule has 0 atom stereocenters. The van der Waals surface area contributed by atoms with E-state index in [1.165, 1.54) is 19.7 Å². The summed E-state index contributed by atoms with van der Waals surface area (Å²) in [5.41, 5.74) is 4.75. The van der Waals surface area contributed by atoms with E-state index in [1.54, 1.807) is 42.6 Å². The molecule has 11 nitrogen and oxygen atoms in total. The third kappa shape index (κ3) is 4.66. The summed E-state index contributed by atoms with van der Waals surface area (Å²) >= 11 is 1.59. The van der Waals surface area contributed by atoms with Crippen LogP contribution in [0.5, 0.6) is 0 Å². The molecule has 6 heterocycles. The van der Waals surface area contributed by atoms with Gasteiger partial charge in [-0.25, -0.2) is 4.98 Å². The molecule has 0 saturated heterocycles. The second-order valence-electron chi connectivity index (χ2n) is 11.2. The Balaban J connectivity index is 1.27. The van der Waals surface area contributed by atoms with Crippen molar-refractivity contribution < 1.29 is 4.79 Å². The van der Waals surface area contributed by atoms with Crippen molar-refractivity contribution in [3.8, 4) is 16.9 Å². The maximum Gasteiger partial charge on any atom is 0.290 e. The smallest absolute Gasteiger partial charge is 0.290 e. The molecule has 0 saturated carbocycles. The standard InChI is InChI=1S/C31H32N8O3S/c1-4-21-22(9-10-32-29(21)39-31(42)28-24(15-33-39)23-7-5-6-8-26(23)43-28)19-13-25(30(41)36(3)16-19)34-27-14-20-17-37(18(2)40)11-12-38(20)35-27/h9-10,13-16H,4-8,11-12,17H2,1-3H3,(H,34,35). The van der Waals surface area contributed by atoms with Gasteiger partial charge in [0.1, 0.15) is 10.4 Å². The van der Waals surface area contributed by atoms with Gasteiger partial charge < -0.3 is 14.8 Å². The van der Waals surface area contributed by atoms with Crippen molar-refractivity contribution in [3.05, 3.63) is 79.2 Å². The van der Waals surface area contributed by atoms with Crippen LogP contribution in [0.3, 0.4) is 0 Å². The third-order valence-electron chi connectivity index (χ3n) is 8.49. The summed E-state index contributed by atoms with van der Waals surface area (Å²) in [4.78, 5) is 46.5. The van der Waals surface area contributed by atoms with E-state index in [1.807, 2.05) is 36.0 Å². The highest BCUT2D eigenvalue weighted by molar-refractivity contribution is 7.19. The quantitative estimate of drug-likeness (QED) is 0.326. The highest BCUT2D eigenvalue weighted by atomic mass is 32.1. The Morgan fingerprint density at radius 2 is 1.95 bits per heavy atom. The molecule has 1 amide bonds. The molecule has 0 fully saturated rings. The molecule has 0 radical (unpaired) electrons. The summed E-state index contributed by atoms with van der Waals surface area (Å²) in [6, 6.07) is 5.60. The summed E-state index contributed by atoms with van der Waals surface area (Å²) in [5, 5.41) is 13.4. The van der Waals surface area contributed by atoms with Gasteiger partial charge in [0.2, 0.25) is 5.91 Å². The van der Waals surface area contributed by atoms with Crippen LogP contribution in [0.2, 0.25) is 0 Å². The Morgan fingerprint density at radius 3 is 2.77 bits per heavy atom. The number of rotatable bonds is 5. The van der Waals surface area contributed by atoms with Gasteiger partial charge in [0.15, 0.2) is 11.6 Å². The van der Waals surface area contributed by atoms with E-state index in [4.69, 9.17) is 0 Å². The summed E-state index contributed by atoms with van der Waals surface area (Å²) in [7, 11) is 1.71. The van der Waals surface area contributed by atoms with Gasteiger partial charge in [0.05, 0.1) is 25.0 Å². The Labute approximate surface area is 251 Å². The number of carbonyl (C=O) groups excluding carboxylic acids is 1. The predicted molar refractivity (Wildman–Crippen MR) is 166 cm³/mol. The van der Waals surface area contributed by atoms with E-state index >= 15 is 0 Å². The predicted octanol–water partition coefficient (Wildman–Crippen LogP) is 3.95. The van der Waals surface area contributed by atoms with Crippen molar-refractivity contribution in [2.75, 3.05) is 11.9 Å². The minimum absolute atomic E-state index is 0.0267. The fourth-order valence-electron chi connectivity index (χ4n) is 6.27. The van der Waals surface area contributed by atoms with Crippen molar-refractivity contribution >= 4 is 38.8 Å². The molecule has 0 unspecified atom stereocenters. The number of nitrogens with one attached hydrogen (secondary N) is 1. The first-order valence-electron chi connectivity index (χ1n) is 14.6. The van der Waals surface area contributed by atoms with Crippen molar-refractivity contribution in [2.24, 2.45) is 7.05 Å². The van der Waals surface area contributed by atoms with Crippen LogP contribution in [0.4, 0.5) is 11.5 Å². The average Bonchev–Trinajstić information content (AvgIpc) is 3.60. The molecule has 1 aliphatic carbocycles. The van der Waals surface area contributed by atoms with Crippen molar-refractivity contribution in [3.63, 3.8) is 0 Å². The second kappa shape index (κ2) is 10.6. The first-order valence-corrected chi connectivity index (χ1v) is 15.4. The zero-order valence-corrected chi connectivity index (χ0v) is 25.2. The minimum Gasteiger partial charge on any atom is -0.335 e. The molecule has 0 aromatic carbocycles. The molecule has 0 bridgehead atoms. The van der Waals surface area contributed by atoms with Crippen LogP contribution in [0, 0.1) is 0 Å². The number of thiophene rings is 1. The fourth-order valence-corrected chi connectivity index (χ4v) is 7.55. The van der Waals surface area contributed by atoms with Crippen molar-refractivity contribution in [1.29, 1.82) is 0 Å². The van der Waals surface area contributed by atoms with Gasteiger partial charge in [-0.2, -0.15) is 14.9 Å². The summed E-state index contributed by atoms with van der Waals surface area (Å²) in [5.74, 6) is 1.07. The Morgan fingerprint density at radius 1 is 1.12 bits per heavy atom. The molecule has 5 aromatic rings. The molecule has 5 aromatic heterocycles. The SMILES string of the molecule is CCc1c(-c2cc(Nc3cc4n(n3)CCN(C(C)=O)C4)c(=O)n(C)c2)ccnc1-n1ncc2c3c(sc2c1=O)CCCC3. The number of fused-ring (bicyclic) bond motifs is 4. The molecular weight excluding hydrogens is 564 g/mol. The van der Waals surface area contributed by atoms with Crippen LogP contribution >= 0.6 is 11.3 Å². The number of amides is 1. The number of aromatic nitrogens is 6. The Hall–Kier alpha value is -4.58. The number of hydrogen-bond acceptors (Lipinski definition) is 8. The lowest BCUT2D eigenvalue weighted by molar-refractivity contribution is -0.130. The van der Waals surface area contributed by atoms with Gasteiger partial charge >= 0.3 is 0 Å². The summed E-state index contributed by atoms with van der Waals surface area (Å²) in [6.07, 6.45) is 10.2. The highest BCUT2D eigenvalue weighted by Crippen LogP contribution is 2.35. The van der Waals surface area contributed by atoms with E-state index in [0.29, 0.717) is 43.4 Å². The highest BCUT2D eigenvalue weighted by Gasteiger charge is 2.23. The topological polar surface area (TPSA) is 120 Å². The normalized spacial score (nSPS) is 14.5. The van der Waals surface area contributed by atoms with Crippen LogP contribution in [0.15, 0.2) is 46.4 Å². The van der Waals surface area contributed by atoms with Crippen LogP contribution in [0.25, 0.3) is 27.0 Å². The van der Waals surface area contributed by atoms with Gasteiger partial charge in [-0.05, 0) is 55.4 Å². The van der Waals surface area contributed by atoms with E-state index in [9.17, 15) is 14.4 Å². The lowest BCUT2D eigenvalue weighted by Crippen LogP contribution is -2.36. The van der Waals surface area contributed by atoms with Crippen LogP contribution < -0.4 is 16.4 Å². The van der Waals surface area contributed by atoms with Gasteiger partial charge in [0.25, 0.3) is 11.1 Å². The number of pyridine rings is 2. The minimum atomic E-state index is -0.197. The number of nitrogens with zero attached hydrogens (tertiary/aromatic N) is 7. The second-order valence-corrected chi connectivity index (χ2v) is 12.3. The number of hydrogen-bond donors (Lipinski definition) is 1. The first kappa shape index (κ1) is 27.3. The fraction of sp³-hybridized carbons (Fsp3) is 0.355. The number of carbonyl (C=O) groups is 1. The summed E-state index contributed by atoms with van der Waals surface area (Å²) in [6.45, 7) is 5.27. The van der Waals surface area contributed by atoms with E-state index in [0.717, 1.165) is 58.2 Å². The lowest BCUT2D eigenvalue weighted by Gasteiger charge is -2.26. The maximum atomic E-state index is 13.7. The van der Waals surface area contributed by atoms with Gasteiger partial charge in [-0.3, -0.25) is 19.1 Å². The number of aryl methyl sites for hydroxylation is 3. The Bertz CT molecular complexity index is 2040. The largest absolute Gasteiger partial charge is 0.335 e. The van der Waals surface area contributed by atoms with Crippen LogP contribution in [0.1, 0.15) is 48.4 Å². The molecule has 1 N–H and O–H groups in total. The van der Waals surface area contributed by atoms with Crippen LogP contribution in [-0.2, 0) is 44.2 Å². The zero-order chi connectivity index (χ0) is 29.8. The first-order chi connectivity index (χ1) is 20.8. The van der Waals surface area contributed by atoms with Crippen molar-refractivity contribution in [1.82, 2.24) is 34.0 Å². The molecule has 12 heteroatoms. The molecule has 7 rings (SSSR count). The average molecular weight is 597 g/mol. The van der Waals surface area contributed by atoms with Crippen LogP contribution in [-0.4, -0.2) is 46.5 Å². The van der Waals surface area contributed by atoms with Gasteiger partial charge in [-0.15, -0.1) is 11.3 Å². The van der Waals surface area contributed by atoms with Gasteiger partial charge in [0, 0.05) is 60.4 Å². The summed E-state index contributed by atoms with van der Waals surface area (Å²) < 4.78 is 5.57.